The molecule has 0 radical (unpaired) electrons. The van der Waals surface area contributed by atoms with Crippen molar-refractivity contribution in [3.63, 3.8) is 0 Å². The average molecular weight is 363 g/mol. The lowest BCUT2D eigenvalue weighted by atomic mass is 10.1. The van der Waals surface area contributed by atoms with E-state index < -0.39 is 5.91 Å². The first-order valence-corrected chi connectivity index (χ1v) is 8.79. The molecule has 2 aromatic carbocycles. The summed E-state index contributed by atoms with van der Waals surface area (Å²) in [4.78, 5) is 36.8. The molecule has 3 rings (SSSR count). The van der Waals surface area contributed by atoms with Crippen LogP contribution >= 0.6 is 0 Å². The first kappa shape index (κ1) is 18.5. The van der Waals surface area contributed by atoms with E-state index in [1.54, 1.807) is 48.5 Å². The third-order valence-electron chi connectivity index (χ3n) is 4.17. The van der Waals surface area contributed by atoms with Gasteiger partial charge < -0.3 is 5.32 Å². The van der Waals surface area contributed by atoms with E-state index >= 15 is 0 Å². The van der Waals surface area contributed by atoms with Gasteiger partial charge >= 0.3 is 0 Å². The molecule has 0 aliphatic rings. The van der Waals surface area contributed by atoms with Crippen molar-refractivity contribution in [1.29, 1.82) is 0 Å². The monoisotopic (exact) mass is 363 g/mol. The minimum absolute atomic E-state index is 0.0405. The SMILES string of the molecule is CC(=O)c1ccc(NC(=O)c2nn(CC(C)C)c(=O)c3ccccc23)cc1. The van der Waals surface area contributed by atoms with Crippen LogP contribution in [0.2, 0.25) is 0 Å². The minimum Gasteiger partial charge on any atom is -0.321 e. The molecule has 0 spiro atoms. The van der Waals surface area contributed by atoms with Gasteiger partial charge in [0, 0.05) is 23.2 Å². The van der Waals surface area contributed by atoms with E-state index in [9.17, 15) is 14.4 Å². The number of Topliss-reactive ketones (excluding diaryl/α,β-unsaturated/α-hetero) is 1. The number of amides is 1. The Hall–Kier alpha value is -3.28. The van der Waals surface area contributed by atoms with Crippen LogP contribution in [0.4, 0.5) is 5.69 Å². The Morgan fingerprint density at radius 1 is 1.04 bits per heavy atom. The van der Waals surface area contributed by atoms with Crippen molar-refractivity contribution < 1.29 is 9.59 Å². The molecule has 6 heteroatoms. The van der Waals surface area contributed by atoms with E-state index in [0.29, 0.717) is 28.6 Å². The van der Waals surface area contributed by atoms with Gasteiger partial charge in [-0.25, -0.2) is 4.68 Å². The quantitative estimate of drug-likeness (QED) is 0.704. The summed E-state index contributed by atoms with van der Waals surface area (Å²) < 4.78 is 1.35. The van der Waals surface area contributed by atoms with E-state index in [4.69, 9.17) is 0 Å². The second kappa shape index (κ2) is 7.53. The molecule has 0 atom stereocenters. The Morgan fingerprint density at radius 2 is 1.67 bits per heavy atom. The molecule has 0 saturated carbocycles. The molecule has 27 heavy (non-hydrogen) atoms. The zero-order chi connectivity index (χ0) is 19.6. The highest BCUT2D eigenvalue weighted by Gasteiger charge is 2.17. The number of nitrogens with zero attached hydrogens (tertiary/aromatic N) is 2. The molecular formula is C21H21N3O3. The van der Waals surface area contributed by atoms with Crippen molar-refractivity contribution in [3.8, 4) is 0 Å². The van der Waals surface area contributed by atoms with Gasteiger partial charge in [-0.15, -0.1) is 0 Å². The molecule has 6 nitrogen and oxygen atoms in total. The summed E-state index contributed by atoms with van der Waals surface area (Å²) in [6, 6.07) is 13.6. The molecular weight excluding hydrogens is 342 g/mol. The lowest BCUT2D eigenvalue weighted by Gasteiger charge is -2.13. The van der Waals surface area contributed by atoms with Crippen molar-refractivity contribution in [2.45, 2.75) is 27.3 Å². The van der Waals surface area contributed by atoms with E-state index in [0.717, 1.165) is 0 Å². The van der Waals surface area contributed by atoms with Crippen molar-refractivity contribution in [1.82, 2.24) is 9.78 Å². The van der Waals surface area contributed by atoms with Gasteiger partial charge in [0.05, 0.1) is 5.39 Å². The van der Waals surface area contributed by atoms with Gasteiger partial charge in [-0.2, -0.15) is 5.10 Å². The summed E-state index contributed by atoms with van der Waals surface area (Å²) in [6.45, 7) is 5.89. The van der Waals surface area contributed by atoms with Gasteiger partial charge in [-0.05, 0) is 43.2 Å². The number of fused-ring (bicyclic) bond motifs is 1. The first-order chi connectivity index (χ1) is 12.9. The molecule has 1 aromatic heterocycles. The van der Waals surface area contributed by atoms with E-state index in [2.05, 4.69) is 10.4 Å². The largest absolute Gasteiger partial charge is 0.321 e. The fourth-order valence-corrected chi connectivity index (χ4v) is 2.85. The van der Waals surface area contributed by atoms with Crippen LogP contribution < -0.4 is 10.9 Å². The van der Waals surface area contributed by atoms with Crippen LogP contribution in [-0.2, 0) is 6.54 Å². The summed E-state index contributed by atoms with van der Waals surface area (Å²) in [5.74, 6) is -0.230. The van der Waals surface area contributed by atoms with E-state index in [1.165, 1.54) is 11.6 Å². The summed E-state index contributed by atoms with van der Waals surface area (Å²) in [5, 5.41) is 8.09. The molecule has 1 heterocycles. The number of nitrogens with one attached hydrogen (secondary N) is 1. The third kappa shape index (κ3) is 3.95. The fourth-order valence-electron chi connectivity index (χ4n) is 2.85. The smallest absolute Gasteiger partial charge is 0.276 e. The Kier molecular flexibility index (Phi) is 5.16. The van der Waals surface area contributed by atoms with Crippen LogP contribution in [0.15, 0.2) is 53.3 Å². The number of carbonyl (C=O) groups excluding carboxylic acids is 2. The molecule has 0 bridgehead atoms. The maximum atomic E-state index is 12.8. The number of benzene rings is 2. The second-order valence-corrected chi connectivity index (χ2v) is 6.86. The summed E-state index contributed by atoms with van der Waals surface area (Å²) in [5.41, 5.74) is 1.11. The average Bonchev–Trinajstić information content (AvgIpc) is 2.64. The highest BCUT2D eigenvalue weighted by atomic mass is 16.2. The molecule has 0 fully saturated rings. The van der Waals surface area contributed by atoms with Crippen molar-refractivity contribution in [2.75, 3.05) is 5.32 Å². The molecule has 1 amide bonds. The minimum atomic E-state index is -0.403. The number of anilines is 1. The molecule has 1 N–H and O–H groups in total. The van der Waals surface area contributed by atoms with Crippen LogP contribution in [0.5, 0.6) is 0 Å². The third-order valence-corrected chi connectivity index (χ3v) is 4.17. The van der Waals surface area contributed by atoms with Crippen LogP contribution in [0.1, 0.15) is 41.6 Å². The number of aromatic nitrogens is 2. The Morgan fingerprint density at radius 3 is 2.26 bits per heavy atom. The Labute approximate surface area is 156 Å². The molecule has 3 aromatic rings. The van der Waals surface area contributed by atoms with Crippen molar-refractivity contribution in [3.05, 3.63) is 70.1 Å². The van der Waals surface area contributed by atoms with Gasteiger partial charge in [0.15, 0.2) is 11.5 Å². The molecule has 0 unspecified atom stereocenters. The highest BCUT2D eigenvalue weighted by Crippen LogP contribution is 2.17. The zero-order valence-corrected chi connectivity index (χ0v) is 15.5. The van der Waals surface area contributed by atoms with E-state index in [1.807, 2.05) is 13.8 Å². The van der Waals surface area contributed by atoms with Crippen LogP contribution in [-0.4, -0.2) is 21.5 Å². The number of ketones is 1. The zero-order valence-electron chi connectivity index (χ0n) is 15.5. The topological polar surface area (TPSA) is 81.1 Å². The first-order valence-electron chi connectivity index (χ1n) is 8.79. The number of rotatable bonds is 5. The maximum absolute atomic E-state index is 12.8. The Balaban J connectivity index is 2.01. The lowest BCUT2D eigenvalue weighted by Crippen LogP contribution is -2.29. The Bertz CT molecular complexity index is 1070. The normalized spacial score (nSPS) is 11.0. The van der Waals surface area contributed by atoms with E-state index in [-0.39, 0.29) is 23.0 Å². The highest BCUT2D eigenvalue weighted by molar-refractivity contribution is 6.11. The van der Waals surface area contributed by atoms with Gasteiger partial charge in [0.25, 0.3) is 11.5 Å². The van der Waals surface area contributed by atoms with Crippen molar-refractivity contribution >= 4 is 28.2 Å². The van der Waals surface area contributed by atoms with Crippen LogP contribution in [0.25, 0.3) is 10.8 Å². The van der Waals surface area contributed by atoms with Gasteiger partial charge in [0.2, 0.25) is 0 Å². The summed E-state index contributed by atoms with van der Waals surface area (Å²) in [6.07, 6.45) is 0. The predicted octanol–water partition coefficient (Wildman–Crippen LogP) is 3.51. The molecule has 0 aliphatic carbocycles. The van der Waals surface area contributed by atoms with Gasteiger partial charge in [-0.3, -0.25) is 14.4 Å². The van der Waals surface area contributed by atoms with Crippen molar-refractivity contribution in [2.24, 2.45) is 5.92 Å². The molecule has 138 valence electrons. The number of carbonyl (C=O) groups is 2. The van der Waals surface area contributed by atoms with Gasteiger partial charge in [0.1, 0.15) is 0 Å². The summed E-state index contributed by atoms with van der Waals surface area (Å²) >= 11 is 0. The molecule has 0 aliphatic heterocycles. The fraction of sp³-hybridized carbons (Fsp3) is 0.238. The maximum Gasteiger partial charge on any atom is 0.276 e. The predicted molar refractivity (Wildman–Crippen MR) is 105 cm³/mol. The number of hydrogen-bond donors (Lipinski definition) is 1. The second-order valence-electron chi connectivity index (χ2n) is 6.86. The summed E-state index contributed by atoms with van der Waals surface area (Å²) in [7, 11) is 0. The van der Waals surface area contributed by atoms with Crippen LogP contribution in [0.3, 0.4) is 0 Å². The lowest BCUT2D eigenvalue weighted by molar-refractivity contribution is 0.101. The molecule has 0 saturated heterocycles. The number of hydrogen-bond acceptors (Lipinski definition) is 4. The van der Waals surface area contributed by atoms with Crippen LogP contribution in [0, 0.1) is 5.92 Å². The van der Waals surface area contributed by atoms with Gasteiger partial charge in [-0.1, -0.05) is 32.0 Å². The standard InChI is InChI=1S/C21H21N3O3/c1-13(2)12-24-21(27)18-7-5-4-6-17(18)19(23-24)20(26)22-16-10-8-15(9-11-16)14(3)25/h4-11,13H,12H2,1-3H3,(H,22,26).